The number of fused-ring (bicyclic) bond motifs is 1. The number of carbonyl (C=O) groups is 1. The van der Waals surface area contributed by atoms with Crippen molar-refractivity contribution in [3.05, 3.63) is 82.7 Å². The minimum absolute atomic E-state index is 0.171. The molecule has 0 fully saturated rings. The number of benzene rings is 1. The van der Waals surface area contributed by atoms with Gasteiger partial charge in [0.1, 0.15) is 23.8 Å². The molecule has 5 heterocycles. The number of aromatic nitrogens is 9. The van der Waals surface area contributed by atoms with Gasteiger partial charge in [-0.05, 0) is 48.0 Å². The maximum Gasteiger partial charge on any atom is 0.410 e. The van der Waals surface area contributed by atoms with Gasteiger partial charge in [0, 0.05) is 29.8 Å². The molecule has 13 heteroatoms. The van der Waals surface area contributed by atoms with Crippen LogP contribution in [0.15, 0.2) is 59.9 Å². The van der Waals surface area contributed by atoms with Crippen LogP contribution in [0.4, 0.5) is 10.6 Å². The molecule has 1 aliphatic rings. The summed E-state index contributed by atoms with van der Waals surface area (Å²) in [7, 11) is 0. The molecule has 6 rings (SSSR count). The van der Waals surface area contributed by atoms with Gasteiger partial charge in [-0.15, -0.1) is 5.10 Å². The summed E-state index contributed by atoms with van der Waals surface area (Å²) in [4.78, 5) is 40.9. The summed E-state index contributed by atoms with van der Waals surface area (Å²) in [5, 5.41) is 22.5. The quantitative estimate of drug-likeness (QED) is 0.331. The molecule has 1 aromatic carbocycles. The van der Waals surface area contributed by atoms with E-state index in [9.17, 15) is 9.59 Å². The Balaban J connectivity index is 1.32. The molecular formula is C24H20N10O3. The molecule has 1 aliphatic heterocycles. The minimum atomic E-state index is -1.18. The van der Waals surface area contributed by atoms with Crippen molar-refractivity contribution >= 4 is 11.9 Å². The molecule has 0 saturated carbocycles. The summed E-state index contributed by atoms with van der Waals surface area (Å²) in [6, 6.07) is 10.4. The Labute approximate surface area is 208 Å². The van der Waals surface area contributed by atoms with Crippen LogP contribution in [0.25, 0.3) is 28.2 Å². The molecule has 3 N–H and O–H groups in total. The van der Waals surface area contributed by atoms with Crippen LogP contribution in [0, 0.1) is 6.92 Å². The fourth-order valence-corrected chi connectivity index (χ4v) is 4.56. The van der Waals surface area contributed by atoms with E-state index in [4.69, 9.17) is 10.1 Å². The van der Waals surface area contributed by atoms with Crippen molar-refractivity contribution in [2.24, 2.45) is 0 Å². The zero-order valence-electron chi connectivity index (χ0n) is 19.5. The lowest BCUT2D eigenvalue weighted by atomic mass is 10.1. The fraction of sp³-hybridized carbons (Fsp3) is 0.167. The smallest absolute Gasteiger partial charge is 0.410 e. The van der Waals surface area contributed by atoms with Crippen LogP contribution in [-0.2, 0) is 6.42 Å². The van der Waals surface area contributed by atoms with E-state index in [0.29, 0.717) is 35.9 Å². The number of aromatic amines is 1. The van der Waals surface area contributed by atoms with Crippen molar-refractivity contribution in [3.63, 3.8) is 0 Å². The summed E-state index contributed by atoms with van der Waals surface area (Å²) in [6.07, 6.45) is 4.84. The molecule has 0 aliphatic carbocycles. The van der Waals surface area contributed by atoms with Gasteiger partial charge >= 0.3 is 6.09 Å². The van der Waals surface area contributed by atoms with Gasteiger partial charge in [0.2, 0.25) is 0 Å². The highest BCUT2D eigenvalue weighted by Gasteiger charge is 2.29. The standard InChI is InChI=1S/C24H20N10O3/c1-13-2-4-18(33-12-27-31-32-33)15(8-13)16-9-22(35)34-19(5-7-21(34)28-16)23-26-11-17(29-23)14-3-6-20(25-10-14)30-24(36)37/h2-4,6,8-12,19H,5,7H2,1H3,(H,25,30)(H,26,29)(H,36,37)/t19-/m0/s1. The summed E-state index contributed by atoms with van der Waals surface area (Å²) in [6.45, 7) is 1.98. The second kappa shape index (κ2) is 8.78. The van der Waals surface area contributed by atoms with Gasteiger partial charge in [-0.25, -0.2) is 19.7 Å². The number of tetrazole rings is 1. The fourth-order valence-electron chi connectivity index (χ4n) is 4.56. The van der Waals surface area contributed by atoms with Crippen molar-refractivity contribution in [3.8, 4) is 28.2 Å². The Morgan fingerprint density at radius 1 is 1.16 bits per heavy atom. The van der Waals surface area contributed by atoms with Crippen LogP contribution in [0.3, 0.4) is 0 Å². The number of carboxylic acid groups (broad SMARTS) is 1. The second-order valence-corrected chi connectivity index (χ2v) is 8.64. The molecule has 1 amide bonds. The Morgan fingerprint density at radius 2 is 2.05 bits per heavy atom. The molecular weight excluding hydrogens is 476 g/mol. The predicted octanol–water partition coefficient (Wildman–Crippen LogP) is 2.61. The molecule has 1 atom stereocenters. The van der Waals surface area contributed by atoms with Crippen molar-refractivity contribution in [2.75, 3.05) is 5.32 Å². The molecule has 5 aromatic rings. The largest absolute Gasteiger partial charge is 0.465 e. The van der Waals surface area contributed by atoms with Gasteiger partial charge in [-0.3, -0.25) is 14.7 Å². The number of pyridine rings is 1. The summed E-state index contributed by atoms with van der Waals surface area (Å²) < 4.78 is 3.23. The topological polar surface area (TPSA) is 169 Å². The van der Waals surface area contributed by atoms with Crippen LogP contribution in [0.5, 0.6) is 0 Å². The van der Waals surface area contributed by atoms with Crippen LogP contribution in [0.1, 0.15) is 29.7 Å². The zero-order valence-corrected chi connectivity index (χ0v) is 19.5. The summed E-state index contributed by atoms with van der Waals surface area (Å²) in [5.41, 5.74) is 4.37. The second-order valence-electron chi connectivity index (χ2n) is 8.64. The van der Waals surface area contributed by atoms with Crippen molar-refractivity contribution in [2.45, 2.75) is 25.8 Å². The zero-order chi connectivity index (χ0) is 25.5. The molecule has 4 aromatic heterocycles. The monoisotopic (exact) mass is 496 g/mol. The maximum atomic E-state index is 13.3. The Hall–Kier alpha value is -5.20. The van der Waals surface area contributed by atoms with E-state index in [1.165, 1.54) is 12.4 Å². The molecule has 0 saturated heterocycles. The number of imidazole rings is 1. The van der Waals surface area contributed by atoms with Gasteiger partial charge in [0.15, 0.2) is 0 Å². The van der Waals surface area contributed by atoms with Gasteiger partial charge in [-0.1, -0.05) is 11.6 Å². The van der Waals surface area contributed by atoms with Gasteiger partial charge < -0.3 is 10.1 Å². The first-order chi connectivity index (χ1) is 18.0. The molecule has 0 unspecified atom stereocenters. The lowest BCUT2D eigenvalue weighted by Crippen LogP contribution is -2.25. The van der Waals surface area contributed by atoms with Gasteiger partial charge in [0.05, 0.1) is 29.3 Å². The third kappa shape index (κ3) is 4.11. The Kier molecular flexibility index (Phi) is 5.29. The number of amides is 1. The van der Waals surface area contributed by atoms with E-state index in [0.717, 1.165) is 22.4 Å². The number of hydrogen-bond acceptors (Lipinski definition) is 8. The number of rotatable bonds is 5. The van der Waals surface area contributed by atoms with E-state index in [1.807, 2.05) is 25.1 Å². The van der Waals surface area contributed by atoms with Crippen molar-refractivity contribution in [1.82, 2.24) is 44.7 Å². The lowest BCUT2D eigenvalue weighted by molar-refractivity contribution is 0.209. The Bertz CT molecular complexity index is 1670. The number of H-pyrrole nitrogens is 1. The third-order valence-corrected chi connectivity index (χ3v) is 6.22. The van der Waals surface area contributed by atoms with E-state index in [-0.39, 0.29) is 17.4 Å². The number of hydrogen-bond donors (Lipinski definition) is 3. The first-order valence-electron chi connectivity index (χ1n) is 11.4. The highest BCUT2D eigenvalue weighted by Crippen LogP contribution is 2.32. The van der Waals surface area contributed by atoms with Crippen LogP contribution >= 0.6 is 0 Å². The number of nitrogens with one attached hydrogen (secondary N) is 2. The first kappa shape index (κ1) is 22.3. The highest BCUT2D eigenvalue weighted by atomic mass is 16.4. The summed E-state index contributed by atoms with van der Waals surface area (Å²) in [5.74, 6) is 1.55. The molecule has 0 bridgehead atoms. The normalized spacial score (nSPS) is 14.5. The number of aryl methyl sites for hydroxylation is 2. The van der Waals surface area contributed by atoms with E-state index in [1.54, 1.807) is 33.8 Å². The maximum absolute atomic E-state index is 13.3. The van der Waals surface area contributed by atoms with Crippen molar-refractivity contribution < 1.29 is 9.90 Å². The number of anilines is 1. The molecule has 0 radical (unpaired) electrons. The highest BCUT2D eigenvalue weighted by molar-refractivity contribution is 5.81. The lowest BCUT2D eigenvalue weighted by Gasteiger charge is -2.14. The van der Waals surface area contributed by atoms with E-state index < -0.39 is 6.09 Å². The van der Waals surface area contributed by atoms with Crippen LogP contribution in [0.2, 0.25) is 0 Å². The van der Waals surface area contributed by atoms with Gasteiger partial charge in [-0.2, -0.15) is 4.68 Å². The Morgan fingerprint density at radius 3 is 2.81 bits per heavy atom. The molecule has 37 heavy (non-hydrogen) atoms. The van der Waals surface area contributed by atoms with Crippen LogP contribution in [-0.4, -0.2) is 55.9 Å². The average Bonchev–Trinajstić information content (AvgIpc) is 3.65. The molecule has 0 spiro atoms. The van der Waals surface area contributed by atoms with Crippen LogP contribution < -0.4 is 10.9 Å². The summed E-state index contributed by atoms with van der Waals surface area (Å²) >= 11 is 0. The third-order valence-electron chi connectivity index (χ3n) is 6.22. The SMILES string of the molecule is Cc1ccc(-n2cnnn2)c(-c2cc(=O)n3c(n2)CC[C@H]3c2ncc(-c3ccc(NC(=O)O)nc3)[nH]2)c1. The molecule has 184 valence electrons. The first-order valence-corrected chi connectivity index (χ1v) is 11.4. The van der Waals surface area contributed by atoms with E-state index in [2.05, 4.69) is 35.8 Å². The van der Waals surface area contributed by atoms with E-state index >= 15 is 0 Å². The van der Waals surface area contributed by atoms with Gasteiger partial charge in [0.25, 0.3) is 5.56 Å². The average molecular weight is 496 g/mol. The predicted molar refractivity (Wildman–Crippen MR) is 131 cm³/mol. The minimum Gasteiger partial charge on any atom is -0.465 e. The number of nitrogens with zero attached hydrogens (tertiary/aromatic N) is 8. The molecule has 13 nitrogen and oxygen atoms in total. The van der Waals surface area contributed by atoms with Crippen molar-refractivity contribution in [1.29, 1.82) is 0 Å².